The van der Waals surface area contributed by atoms with Crippen LogP contribution in [-0.4, -0.2) is 5.78 Å². The van der Waals surface area contributed by atoms with Crippen molar-refractivity contribution in [3.8, 4) is 0 Å². The van der Waals surface area contributed by atoms with Crippen LogP contribution in [-0.2, 0) is 11.2 Å². The van der Waals surface area contributed by atoms with E-state index in [1.54, 1.807) is 0 Å². The normalized spacial score (nSPS) is 18.2. The zero-order valence-corrected chi connectivity index (χ0v) is 12.5. The van der Waals surface area contributed by atoms with Gasteiger partial charge in [0, 0.05) is 28.3 Å². The molecule has 0 heterocycles. The lowest BCUT2D eigenvalue weighted by atomic mass is 9.78. The lowest BCUT2D eigenvalue weighted by Crippen LogP contribution is -2.19. The average Bonchev–Trinajstić information content (AvgIpc) is 2.39. The van der Waals surface area contributed by atoms with Gasteiger partial charge in [0.2, 0.25) is 0 Å². The third-order valence-electron chi connectivity index (χ3n) is 3.58. The van der Waals surface area contributed by atoms with E-state index < -0.39 is 0 Å². The first-order valence-electron chi connectivity index (χ1n) is 6.19. The molecule has 0 saturated heterocycles. The Labute approximate surface area is 125 Å². The van der Waals surface area contributed by atoms with Crippen molar-refractivity contribution >= 4 is 33.3 Å². The van der Waals surface area contributed by atoms with E-state index in [4.69, 9.17) is 11.6 Å². The number of halogens is 2. The second-order valence-corrected chi connectivity index (χ2v) is 6.13. The number of hydrogen-bond donors (Lipinski definition) is 0. The first kappa shape index (κ1) is 12.9. The maximum atomic E-state index is 12.0. The molecule has 0 N–H and O–H groups in total. The Balaban J connectivity index is 2.16. The van der Waals surface area contributed by atoms with Crippen LogP contribution >= 0.6 is 27.5 Å². The SMILES string of the molecule is O=C1Cc2ccc(Cl)cc2C(c2ccccc2Br)C1. The summed E-state index contributed by atoms with van der Waals surface area (Å²) in [6.45, 7) is 0. The molecule has 0 aliphatic heterocycles. The number of hydrogen-bond acceptors (Lipinski definition) is 1. The molecule has 2 aromatic carbocycles. The summed E-state index contributed by atoms with van der Waals surface area (Å²) in [6, 6.07) is 13.9. The molecule has 3 heteroatoms. The minimum Gasteiger partial charge on any atom is -0.299 e. The summed E-state index contributed by atoms with van der Waals surface area (Å²) < 4.78 is 1.04. The fourth-order valence-electron chi connectivity index (χ4n) is 2.71. The lowest BCUT2D eigenvalue weighted by Gasteiger charge is -2.26. The largest absolute Gasteiger partial charge is 0.299 e. The van der Waals surface area contributed by atoms with Gasteiger partial charge in [-0.1, -0.05) is 51.8 Å². The minimum atomic E-state index is 0.102. The highest BCUT2D eigenvalue weighted by Gasteiger charge is 2.27. The third-order valence-corrected chi connectivity index (χ3v) is 4.54. The van der Waals surface area contributed by atoms with Crippen molar-refractivity contribution in [2.75, 3.05) is 0 Å². The lowest BCUT2D eigenvalue weighted by molar-refractivity contribution is -0.119. The van der Waals surface area contributed by atoms with Gasteiger partial charge in [-0.15, -0.1) is 0 Å². The van der Waals surface area contributed by atoms with Crippen LogP contribution in [0.3, 0.4) is 0 Å². The maximum absolute atomic E-state index is 12.0. The first-order chi connectivity index (χ1) is 9.15. The van der Waals surface area contributed by atoms with Gasteiger partial charge < -0.3 is 0 Å². The molecule has 0 spiro atoms. The molecule has 0 amide bonds. The van der Waals surface area contributed by atoms with E-state index in [-0.39, 0.29) is 11.7 Å². The van der Waals surface area contributed by atoms with Crippen molar-refractivity contribution in [2.24, 2.45) is 0 Å². The van der Waals surface area contributed by atoms with Gasteiger partial charge in [-0.25, -0.2) is 0 Å². The molecule has 3 rings (SSSR count). The van der Waals surface area contributed by atoms with E-state index in [2.05, 4.69) is 22.0 Å². The summed E-state index contributed by atoms with van der Waals surface area (Å²) in [4.78, 5) is 12.0. The summed E-state index contributed by atoms with van der Waals surface area (Å²) >= 11 is 9.69. The zero-order valence-electron chi connectivity index (χ0n) is 10.2. The Bertz CT molecular complexity index is 651. The molecule has 96 valence electrons. The summed E-state index contributed by atoms with van der Waals surface area (Å²) in [5.74, 6) is 0.390. The number of carbonyl (C=O) groups excluding carboxylic acids is 1. The zero-order chi connectivity index (χ0) is 13.4. The fourth-order valence-corrected chi connectivity index (χ4v) is 3.45. The highest BCUT2D eigenvalue weighted by molar-refractivity contribution is 9.10. The molecule has 0 radical (unpaired) electrons. The van der Waals surface area contributed by atoms with E-state index in [0.717, 1.165) is 20.6 Å². The summed E-state index contributed by atoms with van der Waals surface area (Å²) in [5, 5.41) is 0.727. The molecule has 1 aliphatic carbocycles. The van der Waals surface area contributed by atoms with Crippen LogP contribution in [0.1, 0.15) is 29.0 Å². The van der Waals surface area contributed by atoms with Crippen molar-refractivity contribution in [1.29, 1.82) is 0 Å². The smallest absolute Gasteiger partial charge is 0.138 e. The van der Waals surface area contributed by atoms with Crippen molar-refractivity contribution in [1.82, 2.24) is 0 Å². The summed E-state index contributed by atoms with van der Waals surface area (Å²) in [7, 11) is 0. The Morgan fingerprint density at radius 3 is 2.68 bits per heavy atom. The maximum Gasteiger partial charge on any atom is 0.138 e. The summed E-state index contributed by atoms with van der Waals surface area (Å²) in [5.41, 5.74) is 3.43. The van der Waals surface area contributed by atoms with E-state index in [1.807, 2.05) is 36.4 Å². The molecule has 1 nitrogen and oxygen atoms in total. The van der Waals surface area contributed by atoms with Crippen molar-refractivity contribution in [2.45, 2.75) is 18.8 Å². The van der Waals surface area contributed by atoms with Crippen LogP contribution < -0.4 is 0 Å². The highest BCUT2D eigenvalue weighted by atomic mass is 79.9. The number of carbonyl (C=O) groups is 1. The van der Waals surface area contributed by atoms with Crippen molar-refractivity contribution in [3.63, 3.8) is 0 Å². The minimum absolute atomic E-state index is 0.102. The standard InChI is InChI=1S/C16H12BrClO/c17-16-4-2-1-3-13(16)15-9-12(19)7-10-5-6-11(18)8-14(10)15/h1-6,8,15H,7,9H2. The predicted molar refractivity (Wildman–Crippen MR) is 80.8 cm³/mol. The Kier molecular flexibility index (Phi) is 3.46. The third kappa shape index (κ3) is 2.47. The molecule has 2 aromatic rings. The molecule has 0 aromatic heterocycles. The number of fused-ring (bicyclic) bond motifs is 1. The van der Waals surface area contributed by atoms with Crippen molar-refractivity contribution < 1.29 is 4.79 Å². The average molecular weight is 336 g/mol. The molecule has 1 atom stereocenters. The van der Waals surface area contributed by atoms with E-state index in [0.29, 0.717) is 12.8 Å². The van der Waals surface area contributed by atoms with Crippen LogP contribution in [0.25, 0.3) is 0 Å². The van der Waals surface area contributed by atoms with Crippen LogP contribution in [0.5, 0.6) is 0 Å². The molecule has 1 aliphatic rings. The van der Waals surface area contributed by atoms with Gasteiger partial charge in [0.05, 0.1) is 0 Å². The molecule has 0 fully saturated rings. The summed E-state index contributed by atoms with van der Waals surface area (Å²) in [6.07, 6.45) is 1.07. The number of rotatable bonds is 1. The van der Waals surface area contributed by atoms with Gasteiger partial charge in [0.15, 0.2) is 0 Å². The fraction of sp³-hybridized carbons (Fsp3) is 0.188. The molecular formula is C16H12BrClO. The van der Waals surface area contributed by atoms with Gasteiger partial charge in [0.25, 0.3) is 0 Å². The number of ketones is 1. The van der Waals surface area contributed by atoms with Gasteiger partial charge in [-0.2, -0.15) is 0 Å². The Morgan fingerprint density at radius 1 is 1.11 bits per heavy atom. The first-order valence-corrected chi connectivity index (χ1v) is 7.36. The predicted octanol–water partition coefficient (Wildman–Crippen LogP) is 4.75. The van der Waals surface area contributed by atoms with E-state index in [1.165, 1.54) is 5.56 Å². The van der Waals surface area contributed by atoms with Gasteiger partial charge in [0.1, 0.15) is 5.78 Å². The molecule has 19 heavy (non-hydrogen) atoms. The van der Waals surface area contributed by atoms with E-state index in [9.17, 15) is 4.79 Å². The number of Topliss-reactive ketones (excluding diaryl/α,β-unsaturated/α-hetero) is 1. The topological polar surface area (TPSA) is 17.1 Å². The molecule has 0 bridgehead atoms. The molecular weight excluding hydrogens is 324 g/mol. The second-order valence-electron chi connectivity index (χ2n) is 4.84. The monoisotopic (exact) mass is 334 g/mol. The molecule has 0 saturated carbocycles. The highest BCUT2D eigenvalue weighted by Crippen LogP contribution is 2.39. The number of benzene rings is 2. The van der Waals surface area contributed by atoms with E-state index >= 15 is 0 Å². The Hall–Kier alpha value is -1.12. The van der Waals surface area contributed by atoms with Crippen LogP contribution in [0.15, 0.2) is 46.9 Å². The Morgan fingerprint density at radius 2 is 1.89 bits per heavy atom. The van der Waals surface area contributed by atoms with Crippen LogP contribution in [0.4, 0.5) is 0 Å². The second kappa shape index (κ2) is 5.10. The van der Waals surface area contributed by atoms with Crippen LogP contribution in [0, 0.1) is 0 Å². The van der Waals surface area contributed by atoms with Crippen molar-refractivity contribution in [3.05, 3.63) is 68.7 Å². The van der Waals surface area contributed by atoms with Gasteiger partial charge >= 0.3 is 0 Å². The molecule has 1 unspecified atom stereocenters. The van der Waals surface area contributed by atoms with Gasteiger partial charge in [-0.3, -0.25) is 4.79 Å². The van der Waals surface area contributed by atoms with Gasteiger partial charge in [-0.05, 0) is 34.9 Å². The van der Waals surface area contributed by atoms with Crippen LogP contribution in [0.2, 0.25) is 5.02 Å². The quantitative estimate of drug-likeness (QED) is 0.735.